The lowest BCUT2D eigenvalue weighted by Gasteiger charge is -2.44. The molecule has 188 valence electrons. The van der Waals surface area contributed by atoms with E-state index in [1.54, 1.807) is 19.9 Å². The van der Waals surface area contributed by atoms with Crippen molar-refractivity contribution in [3.05, 3.63) is 74.3 Å². The summed E-state index contributed by atoms with van der Waals surface area (Å²) in [5.74, 6) is 1.65. The molecule has 1 N–H and O–H groups in total. The Hall–Kier alpha value is -2.76. The van der Waals surface area contributed by atoms with Gasteiger partial charge in [-0.2, -0.15) is 4.31 Å². The van der Waals surface area contributed by atoms with E-state index in [0.29, 0.717) is 11.1 Å². The Morgan fingerprint density at radius 1 is 1.29 bits per heavy atom. The number of benzene rings is 2. The van der Waals surface area contributed by atoms with Gasteiger partial charge in [0.2, 0.25) is 5.89 Å². The summed E-state index contributed by atoms with van der Waals surface area (Å²) in [6.45, 7) is 4.29. The van der Waals surface area contributed by atoms with Crippen molar-refractivity contribution in [2.24, 2.45) is 0 Å². The molecular formula is C23H24ClF3N4O3S. The molecule has 1 aliphatic rings. The van der Waals surface area contributed by atoms with Gasteiger partial charge in [-0.3, -0.25) is 0 Å². The predicted octanol–water partition coefficient (Wildman–Crippen LogP) is 4.65. The first kappa shape index (κ1) is 25.3. The van der Waals surface area contributed by atoms with Crippen molar-refractivity contribution in [3.8, 4) is 0 Å². The molecule has 35 heavy (non-hydrogen) atoms. The van der Waals surface area contributed by atoms with Gasteiger partial charge in [-0.1, -0.05) is 24.6 Å². The predicted molar refractivity (Wildman–Crippen MR) is 129 cm³/mol. The number of alkyl halides is 2. The van der Waals surface area contributed by atoms with Crippen LogP contribution < -0.4 is 10.7 Å². The van der Waals surface area contributed by atoms with Crippen LogP contribution in [0.4, 0.5) is 18.9 Å². The van der Waals surface area contributed by atoms with Gasteiger partial charge in [0.1, 0.15) is 11.9 Å². The van der Waals surface area contributed by atoms with E-state index < -0.39 is 46.2 Å². The Balaban J connectivity index is 1.93. The Morgan fingerprint density at radius 2 is 2.00 bits per heavy atom. The van der Waals surface area contributed by atoms with E-state index >= 15 is 4.39 Å². The average molecular weight is 529 g/mol. The minimum absolute atomic E-state index is 0.159. The first-order chi connectivity index (χ1) is 16.4. The van der Waals surface area contributed by atoms with Crippen molar-refractivity contribution in [1.82, 2.24) is 14.5 Å². The molecule has 0 saturated carbocycles. The molecule has 1 aliphatic heterocycles. The number of fused-ring (bicyclic) bond motifs is 1. The van der Waals surface area contributed by atoms with E-state index in [-0.39, 0.29) is 28.2 Å². The van der Waals surface area contributed by atoms with Crippen LogP contribution in [0.2, 0.25) is 5.02 Å². The van der Waals surface area contributed by atoms with Crippen molar-refractivity contribution >= 4 is 32.9 Å². The average Bonchev–Trinajstić information content (AvgIpc) is 3.19. The fraction of sp³-hybridized carbons (Fsp3) is 0.348. The molecule has 7 nitrogen and oxygen atoms in total. The third-order valence-electron chi connectivity index (χ3n) is 6.33. The van der Waals surface area contributed by atoms with Crippen LogP contribution in [0.15, 0.2) is 44.4 Å². The summed E-state index contributed by atoms with van der Waals surface area (Å²) in [5, 5.41) is 6.39. The van der Waals surface area contributed by atoms with Crippen LogP contribution in [-0.4, -0.2) is 44.2 Å². The van der Waals surface area contributed by atoms with E-state index in [0.717, 1.165) is 5.56 Å². The standard InChI is InChI=1S/C23H24ClF3N4O3S/c1-12-5-7-16(25)20(13(12)2)14(3)21(22-28-29-23(32)34-22)31-11-30(10-19(26)27)17-9-15(24)6-8-18(17)35(31,4)33/h5-9,14,19,21H,4,10-11H2,1-3H3,(H,29,32). The minimum atomic E-state index is -3.35. The maximum Gasteiger partial charge on any atom is 0.434 e. The topological polar surface area (TPSA) is 82.4 Å². The van der Waals surface area contributed by atoms with Gasteiger partial charge in [0.05, 0.1) is 33.5 Å². The molecule has 0 fully saturated rings. The van der Waals surface area contributed by atoms with Gasteiger partial charge in [-0.25, -0.2) is 27.3 Å². The number of aromatic nitrogens is 2. The second-order valence-electron chi connectivity index (χ2n) is 8.51. The zero-order valence-corrected chi connectivity index (χ0v) is 20.8. The molecule has 0 saturated heterocycles. The number of hydrogen-bond acceptors (Lipinski definition) is 5. The Bertz CT molecular complexity index is 1420. The van der Waals surface area contributed by atoms with E-state index in [2.05, 4.69) is 16.1 Å². The summed E-state index contributed by atoms with van der Waals surface area (Å²) in [7, 11) is -3.35. The molecule has 0 amide bonds. The SMILES string of the molecule is C=S1(=O)c2ccc(Cl)cc2N(CC(F)F)CN1C(c1n[nH]c(=O)o1)C(C)c1c(F)ccc(C)c1C. The number of anilines is 1. The highest BCUT2D eigenvalue weighted by Gasteiger charge is 2.43. The largest absolute Gasteiger partial charge is 0.434 e. The van der Waals surface area contributed by atoms with Gasteiger partial charge in [0.15, 0.2) is 0 Å². The lowest BCUT2D eigenvalue weighted by atomic mass is 9.87. The number of H-pyrrole nitrogens is 1. The third-order valence-corrected chi connectivity index (χ3v) is 8.70. The molecule has 0 radical (unpaired) electrons. The highest BCUT2D eigenvalue weighted by atomic mass is 35.5. The molecule has 4 rings (SSSR count). The first-order valence-corrected chi connectivity index (χ1v) is 12.8. The van der Waals surface area contributed by atoms with Crippen molar-refractivity contribution in [2.45, 2.75) is 44.1 Å². The van der Waals surface area contributed by atoms with Gasteiger partial charge >= 0.3 is 5.76 Å². The zero-order valence-electron chi connectivity index (χ0n) is 19.2. The summed E-state index contributed by atoms with van der Waals surface area (Å²) < 4.78 is 62.9. The van der Waals surface area contributed by atoms with Gasteiger partial charge in [-0.15, -0.1) is 5.10 Å². The molecule has 2 aromatic carbocycles. The van der Waals surface area contributed by atoms with Crippen LogP contribution >= 0.6 is 11.6 Å². The van der Waals surface area contributed by atoms with Crippen LogP contribution in [0, 0.1) is 19.7 Å². The fourth-order valence-corrected chi connectivity index (χ4v) is 6.72. The second kappa shape index (κ2) is 9.36. The summed E-state index contributed by atoms with van der Waals surface area (Å²) in [4.78, 5) is 13.4. The molecule has 0 spiro atoms. The number of halogens is 4. The second-order valence-corrected chi connectivity index (χ2v) is 11.1. The van der Waals surface area contributed by atoms with Crippen LogP contribution in [0.3, 0.4) is 0 Å². The van der Waals surface area contributed by atoms with Gasteiger partial charge < -0.3 is 9.32 Å². The zero-order chi connectivity index (χ0) is 25.7. The number of aromatic amines is 1. The van der Waals surface area contributed by atoms with E-state index in [1.165, 1.54) is 33.5 Å². The summed E-state index contributed by atoms with van der Waals surface area (Å²) in [6, 6.07) is 6.30. The molecule has 2 heterocycles. The Morgan fingerprint density at radius 3 is 2.63 bits per heavy atom. The number of rotatable bonds is 6. The molecule has 0 aliphatic carbocycles. The summed E-state index contributed by atoms with van der Waals surface area (Å²) in [6.07, 6.45) is -2.71. The molecule has 3 atom stereocenters. The molecule has 0 bridgehead atoms. The lowest BCUT2D eigenvalue weighted by molar-refractivity contribution is 0.147. The maximum absolute atomic E-state index is 15.1. The third kappa shape index (κ3) is 4.60. The number of hydrogen-bond donors (Lipinski definition) is 1. The number of aryl methyl sites for hydroxylation is 1. The molecule has 3 unspecified atom stereocenters. The maximum atomic E-state index is 15.1. The quantitative estimate of drug-likeness (QED) is 0.471. The van der Waals surface area contributed by atoms with Crippen LogP contribution in [-0.2, 0) is 9.71 Å². The smallest absolute Gasteiger partial charge is 0.391 e. The summed E-state index contributed by atoms with van der Waals surface area (Å²) >= 11 is 6.10. The normalized spacial score (nSPS) is 20.2. The van der Waals surface area contributed by atoms with Gasteiger partial charge in [0, 0.05) is 10.9 Å². The van der Waals surface area contributed by atoms with Crippen LogP contribution in [0.25, 0.3) is 0 Å². The minimum Gasteiger partial charge on any atom is -0.391 e. The van der Waals surface area contributed by atoms with Gasteiger partial charge in [-0.05, 0) is 60.7 Å². The van der Waals surface area contributed by atoms with Crippen molar-refractivity contribution in [2.75, 3.05) is 18.1 Å². The number of nitrogens with zero attached hydrogens (tertiary/aromatic N) is 3. The molecule has 12 heteroatoms. The molecule has 1 aromatic heterocycles. The van der Waals surface area contributed by atoms with Crippen LogP contribution in [0.5, 0.6) is 0 Å². The van der Waals surface area contributed by atoms with Crippen molar-refractivity contribution in [1.29, 1.82) is 0 Å². The fourth-order valence-electron chi connectivity index (χ4n) is 4.54. The van der Waals surface area contributed by atoms with E-state index in [4.69, 9.17) is 16.0 Å². The van der Waals surface area contributed by atoms with Crippen LogP contribution in [0.1, 0.15) is 41.5 Å². The molecule has 3 aromatic rings. The van der Waals surface area contributed by atoms with E-state index in [9.17, 15) is 17.8 Å². The molecular weight excluding hydrogens is 505 g/mol. The lowest BCUT2D eigenvalue weighted by Crippen LogP contribution is -2.50. The Labute approximate surface area is 205 Å². The van der Waals surface area contributed by atoms with E-state index in [1.807, 2.05) is 6.92 Å². The Kier molecular flexibility index (Phi) is 6.78. The highest BCUT2D eigenvalue weighted by Crippen LogP contribution is 2.44. The number of nitrogens with one attached hydrogen (secondary N) is 1. The summed E-state index contributed by atoms with van der Waals surface area (Å²) in [5.41, 5.74) is 2.05. The van der Waals surface area contributed by atoms with Crippen molar-refractivity contribution < 1.29 is 21.8 Å². The highest BCUT2D eigenvalue weighted by molar-refractivity contribution is 7.98. The monoisotopic (exact) mass is 528 g/mol. The van der Waals surface area contributed by atoms with Gasteiger partial charge in [0.25, 0.3) is 6.43 Å². The first-order valence-electron chi connectivity index (χ1n) is 10.7. The van der Waals surface area contributed by atoms with Crippen molar-refractivity contribution in [3.63, 3.8) is 0 Å².